The number of rotatable bonds is 2. The summed E-state index contributed by atoms with van der Waals surface area (Å²) in [7, 11) is -0.950. The van der Waals surface area contributed by atoms with E-state index >= 15 is 0 Å². The Bertz CT molecular complexity index is 439. The van der Waals surface area contributed by atoms with Gasteiger partial charge in [0.15, 0.2) is 9.84 Å². The van der Waals surface area contributed by atoms with Crippen LogP contribution in [0.5, 0.6) is 0 Å². The number of carbonyl (C=O) groups is 2. The summed E-state index contributed by atoms with van der Waals surface area (Å²) >= 11 is 0. The predicted octanol–water partition coefficient (Wildman–Crippen LogP) is -1.01. The van der Waals surface area contributed by atoms with Gasteiger partial charge in [-0.25, -0.2) is 8.42 Å². The Morgan fingerprint density at radius 2 is 1.69 bits per heavy atom. The third-order valence-corrected chi connectivity index (χ3v) is 5.54. The van der Waals surface area contributed by atoms with Gasteiger partial charge in [0.1, 0.15) is 0 Å². The van der Waals surface area contributed by atoms with Gasteiger partial charge in [0.25, 0.3) is 0 Å². The second kappa shape index (κ2) is 3.44. The summed E-state index contributed by atoms with van der Waals surface area (Å²) in [5, 5.41) is -0.746. The fraction of sp³-hybridized carbons (Fsp3) is 0.778. The van der Waals surface area contributed by atoms with E-state index in [2.05, 4.69) is 9.47 Å². The van der Waals surface area contributed by atoms with E-state index in [9.17, 15) is 18.0 Å². The Hall–Kier alpha value is -1.11. The zero-order valence-corrected chi connectivity index (χ0v) is 9.69. The highest BCUT2D eigenvalue weighted by Gasteiger charge is 2.72. The van der Waals surface area contributed by atoms with Crippen molar-refractivity contribution < 1.29 is 27.5 Å². The first-order valence-electron chi connectivity index (χ1n) is 4.81. The molecule has 4 unspecified atom stereocenters. The second-order valence-corrected chi connectivity index (χ2v) is 6.25. The van der Waals surface area contributed by atoms with Gasteiger partial charge in [0.2, 0.25) is 0 Å². The van der Waals surface area contributed by atoms with Crippen molar-refractivity contribution in [1.82, 2.24) is 0 Å². The third-order valence-electron chi connectivity index (χ3n) is 3.28. The topological polar surface area (TPSA) is 86.7 Å². The lowest BCUT2D eigenvalue weighted by Crippen LogP contribution is -2.26. The lowest BCUT2D eigenvalue weighted by atomic mass is 10.1. The van der Waals surface area contributed by atoms with E-state index in [0.717, 1.165) is 0 Å². The Labute approximate surface area is 92.8 Å². The number of esters is 2. The Balaban J connectivity index is 2.24. The average molecular weight is 248 g/mol. The van der Waals surface area contributed by atoms with E-state index in [1.54, 1.807) is 0 Å². The molecular weight excluding hydrogens is 236 g/mol. The first-order chi connectivity index (χ1) is 7.44. The Morgan fingerprint density at radius 3 is 2.19 bits per heavy atom. The molecule has 0 aromatic heterocycles. The average Bonchev–Trinajstić information content (AvgIpc) is 2.93. The fourth-order valence-corrected chi connectivity index (χ4v) is 5.09. The van der Waals surface area contributed by atoms with Crippen LogP contribution in [-0.4, -0.2) is 45.6 Å². The normalized spacial score (nSPS) is 38.6. The van der Waals surface area contributed by atoms with Crippen molar-refractivity contribution in [3.63, 3.8) is 0 Å². The molecule has 0 spiro atoms. The van der Waals surface area contributed by atoms with Crippen LogP contribution < -0.4 is 0 Å². The number of sulfone groups is 1. The number of hydrogen-bond acceptors (Lipinski definition) is 6. The molecule has 2 rings (SSSR count). The molecule has 2 fully saturated rings. The van der Waals surface area contributed by atoms with Gasteiger partial charge in [-0.15, -0.1) is 0 Å². The van der Waals surface area contributed by atoms with E-state index in [0.29, 0.717) is 0 Å². The largest absolute Gasteiger partial charge is 0.469 e. The highest BCUT2D eigenvalue weighted by molar-refractivity contribution is 7.92. The molecule has 0 N–H and O–H groups in total. The molecule has 1 saturated carbocycles. The summed E-state index contributed by atoms with van der Waals surface area (Å²) in [5.74, 6) is -3.21. The predicted molar refractivity (Wildman–Crippen MR) is 52.1 cm³/mol. The molecule has 0 aromatic rings. The van der Waals surface area contributed by atoms with Crippen molar-refractivity contribution in [2.75, 3.05) is 20.0 Å². The van der Waals surface area contributed by atoms with E-state index in [4.69, 9.17) is 0 Å². The van der Waals surface area contributed by atoms with E-state index in [1.807, 2.05) is 0 Å². The van der Waals surface area contributed by atoms with Crippen molar-refractivity contribution >= 4 is 21.8 Å². The molecule has 16 heavy (non-hydrogen) atoms. The van der Waals surface area contributed by atoms with Gasteiger partial charge in [-0.2, -0.15) is 0 Å². The second-order valence-electron chi connectivity index (χ2n) is 4.05. The SMILES string of the molecule is COC(=O)C1CS(=O)(=O)C2C(C(=O)OC)C12. The smallest absolute Gasteiger partial charge is 0.310 e. The van der Waals surface area contributed by atoms with Crippen LogP contribution in [0.3, 0.4) is 0 Å². The zero-order valence-electron chi connectivity index (χ0n) is 8.87. The lowest BCUT2D eigenvalue weighted by molar-refractivity contribution is -0.146. The Morgan fingerprint density at radius 1 is 1.12 bits per heavy atom. The molecule has 7 heteroatoms. The van der Waals surface area contributed by atoms with Gasteiger partial charge >= 0.3 is 11.9 Å². The number of methoxy groups -OCH3 is 2. The maximum atomic E-state index is 11.6. The fourth-order valence-electron chi connectivity index (χ4n) is 2.52. The summed E-state index contributed by atoms with van der Waals surface area (Å²) in [5.41, 5.74) is 0. The van der Waals surface area contributed by atoms with Crippen LogP contribution in [-0.2, 0) is 28.9 Å². The summed E-state index contributed by atoms with van der Waals surface area (Å²) < 4.78 is 32.3. The van der Waals surface area contributed by atoms with Crippen LogP contribution in [0.15, 0.2) is 0 Å². The van der Waals surface area contributed by atoms with Crippen LogP contribution in [0.4, 0.5) is 0 Å². The highest BCUT2D eigenvalue weighted by Crippen LogP contribution is 2.56. The van der Waals surface area contributed by atoms with Gasteiger partial charge in [-0.3, -0.25) is 9.59 Å². The standard InChI is InChI=1S/C9H12O6S/c1-14-8(10)4-3-16(12,13)7-5(4)6(7)9(11)15-2/h4-7H,3H2,1-2H3. The molecule has 2 aliphatic rings. The number of ether oxygens (including phenoxy) is 2. The van der Waals surface area contributed by atoms with Crippen LogP contribution in [0, 0.1) is 17.8 Å². The van der Waals surface area contributed by atoms with E-state index < -0.39 is 44.8 Å². The van der Waals surface area contributed by atoms with Crippen LogP contribution in [0.25, 0.3) is 0 Å². The van der Waals surface area contributed by atoms with Crippen molar-refractivity contribution in [3.8, 4) is 0 Å². The molecule has 4 atom stereocenters. The number of fused-ring (bicyclic) bond motifs is 1. The monoisotopic (exact) mass is 248 g/mol. The molecule has 1 saturated heterocycles. The maximum absolute atomic E-state index is 11.6. The van der Waals surface area contributed by atoms with Gasteiger partial charge in [0.05, 0.1) is 37.1 Å². The number of carbonyl (C=O) groups excluding carboxylic acids is 2. The summed E-state index contributed by atoms with van der Waals surface area (Å²) in [4.78, 5) is 22.6. The Kier molecular flexibility index (Phi) is 2.45. The highest BCUT2D eigenvalue weighted by atomic mass is 32.2. The molecule has 1 aliphatic heterocycles. The molecule has 1 aliphatic carbocycles. The van der Waals surface area contributed by atoms with Crippen molar-refractivity contribution in [1.29, 1.82) is 0 Å². The minimum Gasteiger partial charge on any atom is -0.469 e. The molecule has 0 radical (unpaired) electrons. The maximum Gasteiger partial charge on any atom is 0.310 e. The van der Waals surface area contributed by atoms with Gasteiger partial charge in [-0.05, 0) is 0 Å². The van der Waals surface area contributed by atoms with Gasteiger partial charge < -0.3 is 9.47 Å². The number of hydrogen-bond donors (Lipinski definition) is 0. The third kappa shape index (κ3) is 1.41. The minimum atomic E-state index is -3.36. The molecule has 0 bridgehead atoms. The molecule has 1 heterocycles. The van der Waals surface area contributed by atoms with E-state index in [1.165, 1.54) is 14.2 Å². The molecule has 0 amide bonds. The molecule has 90 valence electrons. The zero-order chi connectivity index (χ0) is 12.1. The van der Waals surface area contributed by atoms with Crippen molar-refractivity contribution in [2.24, 2.45) is 17.8 Å². The van der Waals surface area contributed by atoms with Crippen molar-refractivity contribution in [3.05, 3.63) is 0 Å². The molecule has 0 aromatic carbocycles. The summed E-state index contributed by atoms with van der Waals surface area (Å²) in [6, 6.07) is 0. The van der Waals surface area contributed by atoms with Crippen LogP contribution in [0.2, 0.25) is 0 Å². The molecule has 6 nitrogen and oxygen atoms in total. The first kappa shape index (κ1) is 11.4. The quantitative estimate of drug-likeness (QED) is 0.582. The first-order valence-corrected chi connectivity index (χ1v) is 6.53. The lowest BCUT2D eigenvalue weighted by Gasteiger charge is -2.10. The summed E-state index contributed by atoms with van der Waals surface area (Å²) in [6.45, 7) is 0. The molecular formula is C9H12O6S. The van der Waals surface area contributed by atoms with E-state index in [-0.39, 0.29) is 5.75 Å². The minimum absolute atomic E-state index is 0.220. The van der Waals surface area contributed by atoms with Crippen LogP contribution >= 0.6 is 0 Å². The van der Waals surface area contributed by atoms with Crippen molar-refractivity contribution in [2.45, 2.75) is 5.25 Å². The van der Waals surface area contributed by atoms with Gasteiger partial charge in [-0.1, -0.05) is 0 Å². The summed E-state index contributed by atoms with van der Waals surface area (Å²) in [6.07, 6.45) is 0. The van der Waals surface area contributed by atoms with Crippen LogP contribution in [0.1, 0.15) is 0 Å². The van der Waals surface area contributed by atoms with Gasteiger partial charge in [0, 0.05) is 5.92 Å².